The van der Waals surface area contributed by atoms with Crippen molar-refractivity contribution >= 4 is 5.97 Å². The first-order chi connectivity index (χ1) is 4.77. The molecule has 0 saturated heterocycles. The Labute approximate surface area is 110 Å². The largest absolute Gasteiger partial charge is 1.00 e. The third-order valence-electron chi connectivity index (χ3n) is 1.23. The Morgan fingerprint density at radius 1 is 1.45 bits per heavy atom. The first-order valence-corrected chi connectivity index (χ1v) is 3.65. The molecule has 0 aliphatic heterocycles. The summed E-state index contributed by atoms with van der Waals surface area (Å²) < 4.78 is 0. The summed E-state index contributed by atoms with van der Waals surface area (Å²) in [5.74, 6) is -1.10. The van der Waals surface area contributed by atoms with E-state index in [0.717, 1.165) is 25.3 Å². The summed E-state index contributed by atoms with van der Waals surface area (Å²) in [5.41, 5.74) is 0. The van der Waals surface area contributed by atoms with Crippen LogP contribution in [0.3, 0.4) is 0 Å². The molecular formula is C8H13KO2. The molecule has 0 N–H and O–H groups in total. The zero-order chi connectivity index (χ0) is 7.82. The van der Waals surface area contributed by atoms with E-state index in [-0.39, 0.29) is 51.4 Å². The van der Waals surface area contributed by atoms with Crippen LogP contribution in [0.25, 0.3) is 0 Å². The second kappa shape index (κ2) is 10.8. The normalized spacial score (nSPS) is 9.55. The molecule has 58 valence electrons. The van der Waals surface area contributed by atoms with Crippen molar-refractivity contribution in [2.75, 3.05) is 0 Å². The van der Waals surface area contributed by atoms with E-state index >= 15 is 0 Å². The van der Waals surface area contributed by atoms with Gasteiger partial charge in [-0.05, 0) is 18.9 Å². The molecule has 0 aromatic rings. The summed E-state index contributed by atoms with van der Waals surface area (Å²) in [5, 5.41) is 9.83. The first-order valence-electron chi connectivity index (χ1n) is 3.65. The van der Waals surface area contributed by atoms with Crippen LogP contribution >= 0.6 is 0 Å². The number of aliphatic carboxylic acids is 1. The number of carbonyl (C=O) groups is 1. The molecule has 3 heteroatoms. The smallest absolute Gasteiger partial charge is 0.545 e. The zero-order valence-corrected chi connectivity index (χ0v) is 10.4. The molecule has 0 atom stereocenters. The molecule has 2 nitrogen and oxygen atoms in total. The van der Waals surface area contributed by atoms with E-state index in [1.54, 1.807) is 6.08 Å². The van der Waals surface area contributed by atoms with Gasteiger partial charge in [0.1, 0.15) is 0 Å². The van der Waals surface area contributed by atoms with E-state index < -0.39 is 5.97 Å². The fourth-order valence-corrected chi connectivity index (χ4v) is 0.692. The zero-order valence-electron chi connectivity index (χ0n) is 7.30. The molecule has 0 aromatic heterocycles. The maximum atomic E-state index is 9.83. The number of hydrogen-bond donors (Lipinski definition) is 0. The molecule has 0 rings (SSSR count). The summed E-state index contributed by atoms with van der Waals surface area (Å²) in [6.45, 7) is 2.11. The van der Waals surface area contributed by atoms with Crippen molar-refractivity contribution in [2.45, 2.75) is 32.6 Å². The number of unbranched alkanes of at least 4 members (excludes halogenated alkanes) is 3. The summed E-state index contributed by atoms with van der Waals surface area (Å²) in [6.07, 6.45) is 6.99. The third kappa shape index (κ3) is 13.8. The Balaban J connectivity index is 0. The van der Waals surface area contributed by atoms with E-state index in [2.05, 4.69) is 6.92 Å². The second-order valence-electron chi connectivity index (χ2n) is 2.22. The van der Waals surface area contributed by atoms with Crippen molar-refractivity contribution in [3.05, 3.63) is 12.2 Å². The Morgan fingerprint density at radius 2 is 2.09 bits per heavy atom. The van der Waals surface area contributed by atoms with Crippen molar-refractivity contribution in [3.8, 4) is 0 Å². The first kappa shape index (κ1) is 14.4. The van der Waals surface area contributed by atoms with Crippen LogP contribution in [0.5, 0.6) is 0 Å². The van der Waals surface area contributed by atoms with Gasteiger partial charge in [-0.25, -0.2) is 0 Å². The van der Waals surface area contributed by atoms with Crippen molar-refractivity contribution in [1.29, 1.82) is 0 Å². The van der Waals surface area contributed by atoms with Crippen LogP contribution in [-0.4, -0.2) is 5.97 Å². The van der Waals surface area contributed by atoms with Crippen LogP contribution in [-0.2, 0) is 4.79 Å². The van der Waals surface area contributed by atoms with Gasteiger partial charge in [-0.3, -0.25) is 0 Å². The summed E-state index contributed by atoms with van der Waals surface area (Å²) in [6, 6.07) is 0. The predicted octanol–water partition coefficient (Wildman–Crippen LogP) is -2.12. The molecule has 0 aliphatic carbocycles. The molecule has 0 amide bonds. The SMILES string of the molecule is CCCCCC=CC(=O)[O-].[K+]. The minimum Gasteiger partial charge on any atom is -0.545 e. The average molecular weight is 180 g/mol. The van der Waals surface area contributed by atoms with Gasteiger partial charge in [0.05, 0.1) is 5.97 Å². The minimum absolute atomic E-state index is 0. The molecule has 11 heavy (non-hydrogen) atoms. The molecule has 0 spiro atoms. The maximum absolute atomic E-state index is 9.83. The van der Waals surface area contributed by atoms with Crippen LogP contribution in [0.2, 0.25) is 0 Å². The van der Waals surface area contributed by atoms with Gasteiger partial charge in [0.15, 0.2) is 0 Å². The van der Waals surface area contributed by atoms with Gasteiger partial charge in [-0.15, -0.1) is 0 Å². The number of carbonyl (C=O) groups excluding carboxylic acids is 1. The van der Waals surface area contributed by atoms with E-state index in [9.17, 15) is 9.90 Å². The fourth-order valence-electron chi connectivity index (χ4n) is 0.692. The number of rotatable bonds is 5. The van der Waals surface area contributed by atoms with Gasteiger partial charge in [0.25, 0.3) is 0 Å². The van der Waals surface area contributed by atoms with Crippen LogP contribution in [0.1, 0.15) is 32.6 Å². The summed E-state index contributed by atoms with van der Waals surface area (Å²) >= 11 is 0. The van der Waals surface area contributed by atoms with Crippen molar-refractivity contribution < 1.29 is 61.3 Å². The van der Waals surface area contributed by atoms with Crippen molar-refractivity contribution in [1.82, 2.24) is 0 Å². The van der Waals surface area contributed by atoms with Crippen LogP contribution < -0.4 is 56.5 Å². The van der Waals surface area contributed by atoms with Crippen molar-refractivity contribution in [2.24, 2.45) is 0 Å². The summed E-state index contributed by atoms with van der Waals surface area (Å²) in [4.78, 5) is 9.83. The third-order valence-corrected chi connectivity index (χ3v) is 1.23. The van der Waals surface area contributed by atoms with Crippen molar-refractivity contribution in [3.63, 3.8) is 0 Å². The Morgan fingerprint density at radius 3 is 2.55 bits per heavy atom. The van der Waals surface area contributed by atoms with Crippen LogP contribution in [0, 0.1) is 0 Å². The molecule has 0 unspecified atom stereocenters. The second-order valence-corrected chi connectivity index (χ2v) is 2.22. The number of hydrogen-bond acceptors (Lipinski definition) is 2. The topological polar surface area (TPSA) is 40.1 Å². The summed E-state index contributed by atoms with van der Waals surface area (Å²) in [7, 11) is 0. The quantitative estimate of drug-likeness (QED) is 0.276. The van der Waals surface area contributed by atoms with Gasteiger partial charge >= 0.3 is 51.4 Å². The Hall–Kier alpha value is 0.846. The van der Waals surface area contributed by atoms with Gasteiger partial charge in [-0.2, -0.15) is 0 Å². The number of allylic oxidation sites excluding steroid dienone is 1. The number of carboxylic acids is 1. The molecule has 0 saturated carbocycles. The monoisotopic (exact) mass is 180 g/mol. The Bertz CT molecular complexity index is 121. The van der Waals surface area contributed by atoms with Crippen LogP contribution in [0.15, 0.2) is 12.2 Å². The van der Waals surface area contributed by atoms with E-state index in [0.29, 0.717) is 0 Å². The molecule has 0 radical (unpaired) electrons. The maximum Gasteiger partial charge on any atom is 1.00 e. The van der Waals surface area contributed by atoms with Gasteiger partial charge in [0, 0.05) is 0 Å². The number of carboxylic acid groups (broad SMARTS) is 1. The molecule has 0 heterocycles. The minimum atomic E-state index is -1.10. The van der Waals surface area contributed by atoms with E-state index in [4.69, 9.17) is 0 Å². The molecular weight excluding hydrogens is 167 g/mol. The molecule has 0 bridgehead atoms. The fraction of sp³-hybridized carbons (Fsp3) is 0.625. The molecule has 0 aromatic carbocycles. The predicted molar refractivity (Wildman–Crippen MR) is 38.3 cm³/mol. The van der Waals surface area contributed by atoms with E-state index in [1.807, 2.05) is 0 Å². The molecule has 0 fully saturated rings. The van der Waals surface area contributed by atoms with Gasteiger partial charge in [-0.1, -0.05) is 25.8 Å². The van der Waals surface area contributed by atoms with Gasteiger partial charge in [0.2, 0.25) is 0 Å². The van der Waals surface area contributed by atoms with Gasteiger partial charge < -0.3 is 9.90 Å². The molecule has 0 aliphatic rings. The standard InChI is InChI=1S/C8H14O2.K/c1-2-3-4-5-6-7-8(9)10;/h6-7H,2-5H2,1H3,(H,9,10);/q;+1/p-1. The average Bonchev–Trinajstić information content (AvgIpc) is 1.87. The van der Waals surface area contributed by atoms with E-state index in [1.165, 1.54) is 6.42 Å². The van der Waals surface area contributed by atoms with Crippen LogP contribution in [0.4, 0.5) is 0 Å². The Kier molecular flexibility index (Phi) is 14.2.